The molecule has 2 aromatic heterocycles. The summed E-state index contributed by atoms with van der Waals surface area (Å²) in [6.07, 6.45) is 1.19. The molecule has 1 aromatic carbocycles. The van der Waals surface area contributed by atoms with E-state index in [1.54, 1.807) is 7.05 Å². The van der Waals surface area contributed by atoms with Gasteiger partial charge in [-0.2, -0.15) is 4.98 Å². The zero-order valence-corrected chi connectivity index (χ0v) is 19.0. The highest BCUT2D eigenvalue weighted by Crippen LogP contribution is 2.23. The second-order valence-corrected chi connectivity index (χ2v) is 9.06. The van der Waals surface area contributed by atoms with Crippen LogP contribution in [0.5, 0.6) is 0 Å². The summed E-state index contributed by atoms with van der Waals surface area (Å²) in [5.41, 5.74) is 0.947. The van der Waals surface area contributed by atoms with Crippen LogP contribution in [0.3, 0.4) is 0 Å². The average molecular weight is 445 g/mol. The van der Waals surface area contributed by atoms with Crippen molar-refractivity contribution in [3.63, 3.8) is 0 Å². The van der Waals surface area contributed by atoms with Gasteiger partial charge in [0.05, 0.1) is 6.54 Å². The van der Waals surface area contributed by atoms with Gasteiger partial charge in [-0.25, -0.2) is 4.79 Å². The Bertz CT molecular complexity index is 1170. The van der Waals surface area contributed by atoms with Gasteiger partial charge in [0.2, 0.25) is 5.95 Å². The van der Waals surface area contributed by atoms with Crippen molar-refractivity contribution in [2.45, 2.75) is 26.8 Å². The molecule has 1 fully saturated rings. The van der Waals surface area contributed by atoms with E-state index in [0.717, 1.165) is 44.2 Å². The number of aryl methyl sites for hydroxylation is 1. The lowest BCUT2D eigenvalue weighted by Crippen LogP contribution is -2.47. The van der Waals surface area contributed by atoms with Crippen LogP contribution in [0.4, 0.5) is 5.95 Å². The zero-order valence-electron chi connectivity index (χ0n) is 18.3. The predicted octanol–water partition coefficient (Wildman–Crippen LogP) is 2.29. The monoisotopic (exact) mass is 444 g/mol. The topological polar surface area (TPSA) is 79.2 Å². The molecule has 9 heteroatoms. The molecule has 0 bridgehead atoms. The summed E-state index contributed by atoms with van der Waals surface area (Å²) in [5, 5.41) is 0.664. The maximum Gasteiger partial charge on any atom is 0.329 e. The van der Waals surface area contributed by atoms with E-state index in [0.29, 0.717) is 28.6 Å². The van der Waals surface area contributed by atoms with Gasteiger partial charge >= 0.3 is 5.69 Å². The SMILES string of the molecule is CC(C)CCN1CCN(c2nc3c(c(=O)[nH]c(=O)n3C)n2Cc2ccc(Cl)cc2)CC1. The largest absolute Gasteiger partial charge is 0.340 e. The summed E-state index contributed by atoms with van der Waals surface area (Å²) in [6, 6.07) is 7.56. The lowest BCUT2D eigenvalue weighted by atomic mass is 10.1. The van der Waals surface area contributed by atoms with Gasteiger partial charge < -0.3 is 4.90 Å². The van der Waals surface area contributed by atoms with Crippen LogP contribution in [0.25, 0.3) is 11.2 Å². The van der Waals surface area contributed by atoms with Crippen LogP contribution in [-0.4, -0.2) is 56.7 Å². The standard InChI is InChI=1S/C22H29ClN6O2/c1-15(2)8-9-27-10-12-28(13-11-27)21-24-19-18(20(30)25-22(31)26(19)3)29(21)14-16-4-6-17(23)7-5-16/h4-7,15H,8-14H2,1-3H3,(H,25,30,31). The molecule has 1 N–H and O–H groups in total. The van der Waals surface area contributed by atoms with Gasteiger partial charge in [0, 0.05) is 38.2 Å². The maximum absolute atomic E-state index is 12.7. The van der Waals surface area contributed by atoms with Crippen LogP contribution in [0.1, 0.15) is 25.8 Å². The van der Waals surface area contributed by atoms with E-state index < -0.39 is 11.2 Å². The molecular weight excluding hydrogens is 416 g/mol. The number of hydrogen-bond acceptors (Lipinski definition) is 5. The summed E-state index contributed by atoms with van der Waals surface area (Å²) in [5.74, 6) is 1.41. The van der Waals surface area contributed by atoms with E-state index in [9.17, 15) is 9.59 Å². The minimum Gasteiger partial charge on any atom is -0.340 e. The van der Waals surface area contributed by atoms with Crippen molar-refractivity contribution in [3.05, 3.63) is 55.7 Å². The second-order valence-electron chi connectivity index (χ2n) is 8.63. The highest BCUT2D eigenvalue weighted by atomic mass is 35.5. The summed E-state index contributed by atoms with van der Waals surface area (Å²) in [6.45, 7) is 9.62. The summed E-state index contributed by atoms with van der Waals surface area (Å²) in [4.78, 5) is 36.7. The molecule has 3 aromatic rings. The fraction of sp³-hybridized carbons (Fsp3) is 0.500. The van der Waals surface area contributed by atoms with Crippen molar-refractivity contribution in [1.82, 2.24) is 24.0 Å². The van der Waals surface area contributed by atoms with Gasteiger partial charge in [0.1, 0.15) is 0 Å². The number of aromatic amines is 1. The Morgan fingerprint density at radius 2 is 1.77 bits per heavy atom. The number of nitrogens with one attached hydrogen (secondary N) is 1. The summed E-state index contributed by atoms with van der Waals surface area (Å²) >= 11 is 6.04. The number of piperazine rings is 1. The number of imidazole rings is 1. The maximum atomic E-state index is 12.7. The van der Waals surface area contributed by atoms with E-state index in [-0.39, 0.29) is 0 Å². The number of aromatic nitrogens is 4. The van der Waals surface area contributed by atoms with E-state index in [1.165, 1.54) is 11.0 Å². The van der Waals surface area contributed by atoms with Gasteiger partial charge in [-0.1, -0.05) is 37.6 Å². The lowest BCUT2D eigenvalue weighted by molar-refractivity contribution is 0.242. The van der Waals surface area contributed by atoms with E-state index in [4.69, 9.17) is 16.6 Å². The molecule has 1 saturated heterocycles. The Morgan fingerprint density at radius 3 is 2.42 bits per heavy atom. The molecule has 1 aliphatic rings. The normalized spacial score (nSPS) is 15.3. The Balaban J connectivity index is 1.70. The van der Waals surface area contributed by atoms with Gasteiger partial charge in [-0.15, -0.1) is 0 Å². The van der Waals surface area contributed by atoms with Crippen molar-refractivity contribution in [3.8, 4) is 0 Å². The number of halogens is 1. The Labute approximate surface area is 186 Å². The average Bonchev–Trinajstić information content (AvgIpc) is 3.12. The Kier molecular flexibility index (Phi) is 6.20. The smallest absolute Gasteiger partial charge is 0.329 e. The second kappa shape index (κ2) is 8.88. The first-order valence-electron chi connectivity index (χ1n) is 10.7. The molecule has 0 radical (unpaired) electrons. The number of rotatable bonds is 6. The van der Waals surface area contributed by atoms with Crippen molar-refractivity contribution in [2.24, 2.45) is 13.0 Å². The van der Waals surface area contributed by atoms with Crippen LogP contribution >= 0.6 is 11.6 Å². The highest BCUT2D eigenvalue weighted by Gasteiger charge is 2.25. The highest BCUT2D eigenvalue weighted by molar-refractivity contribution is 6.30. The summed E-state index contributed by atoms with van der Waals surface area (Å²) < 4.78 is 3.32. The minimum atomic E-state index is -0.460. The Morgan fingerprint density at radius 1 is 1.10 bits per heavy atom. The van der Waals surface area contributed by atoms with Crippen molar-refractivity contribution in [2.75, 3.05) is 37.6 Å². The van der Waals surface area contributed by atoms with Gasteiger partial charge in [-0.05, 0) is 36.6 Å². The molecule has 0 spiro atoms. The molecule has 0 unspecified atom stereocenters. The van der Waals surface area contributed by atoms with E-state index in [1.807, 2.05) is 28.8 Å². The molecule has 0 atom stereocenters. The van der Waals surface area contributed by atoms with Crippen LogP contribution in [0.2, 0.25) is 5.02 Å². The number of nitrogens with zero attached hydrogens (tertiary/aromatic N) is 5. The third-order valence-electron chi connectivity index (χ3n) is 5.92. The van der Waals surface area contributed by atoms with Crippen molar-refractivity contribution in [1.29, 1.82) is 0 Å². The quantitative estimate of drug-likeness (QED) is 0.631. The molecule has 166 valence electrons. The fourth-order valence-corrected chi connectivity index (χ4v) is 4.12. The molecule has 3 heterocycles. The number of benzene rings is 1. The Hall–Kier alpha value is -2.58. The molecule has 1 aliphatic heterocycles. The van der Waals surface area contributed by atoms with Crippen LogP contribution in [-0.2, 0) is 13.6 Å². The molecular formula is C22H29ClN6O2. The van der Waals surface area contributed by atoms with Crippen molar-refractivity contribution >= 4 is 28.7 Å². The van der Waals surface area contributed by atoms with Gasteiger partial charge in [0.15, 0.2) is 11.2 Å². The number of anilines is 1. The number of fused-ring (bicyclic) bond motifs is 1. The molecule has 0 amide bonds. The lowest BCUT2D eigenvalue weighted by Gasteiger charge is -2.35. The van der Waals surface area contributed by atoms with Gasteiger partial charge in [-0.3, -0.25) is 23.8 Å². The third-order valence-corrected chi connectivity index (χ3v) is 6.17. The zero-order chi connectivity index (χ0) is 22.1. The first-order chi connectivity index (χ1) is 14.8. The van der Waals surface area contributed by atoms with E-state index in [2.05, 4.69) is 28.6 Å². The van der Waals surface area contributed by atoms with Crippen LogP contribution in [0.15, 0.2) is 33.9 Å². The number of hydrogen-bond donors (Lipinski definition) is 1. The molecule has 8 nitrogen and oxygen atoms in total. The first-order valence-corrected chi connectivity index (χ1v) is 11.1. The first kappa shape index (κ1) is 21.6. The number of H-pyrrole nitrogens is 1. The molecule has 0 saturated carbocycles. The molecule has 31 heavy (non-hydrogen) atoms. The van der Waals surface area contributed by atoms with Crippen LogP contribution in [0, 0.1) is 5.92 Å². The van der Waals surface area contributed by atoms with E-state index >= 15 is 0 Å². The van der Waals surface area contributed by atoms with Crippen molar-refractivity contribution < 1.29 is 0 Å². The fourth-order valence-electron chi connectivity index (χ4n) is 4.00. The minimum absolute atomic E-state index is 0.403. The summed E-state index contributed by atoms with van der Waals surface area (Å²) in [7, 11) is 1.63. The molecule has 4 rings (SSSR count). The molecule has 0 aliphatic carbocycles. The van der Waals surface area contributed by atoms with Gasteiger partial charge in [0.25, 0.3) is 5.56 Å². The van der Waals surface area contributed by atoms with Crippen LogP contribution < -0.4 is 16.1 Å². The predicted molar refractivity (Wildman–Crippen MR) is 124 cm³/mol. The third kappa shape index (κ3) is 4.55.